The van der Waals surface area contributed by atoms with Gasteiger partial charge in [0.05, 0.1) is 28.7 Å². The number of likely N-dealkylation sites (N-methyl/N-ethyl adjacent to an activating group) is 1. The van der Waals surface area contributed by atoms with Crippen molar-refractivity contribution in [1.82, 2.24) is 35.1 Å². The van der Waals surface area contributed by atoms with Crippen LogP contribution in [0.3, 0.4) is 0 Å². The Kier molecular flexibility index (Phi) is 11.2. The molecule has 0 saturated carbocycles. The summed E-state index contributed by atoms with van der Waals surface area (Å²) >= 11 is 0. The summed E-state index contributed by atoms with van der Waals surface area (Å²) in [4.78, 5) is 33.7. The fourth-order valence-corrected chi connectivity index (χ4v) is 5.89. The summed E-state index contributed by atoms with van der Waals surface area (Å²) in [5.41, 5.74) is 8.41. The summed E-state index contributed by atoms with van der Waals surface area (Å²) < 4.78 is 5.89. The Morgan fingerprint density at radius 3 is 1.90 bits per heavy atom. The molecule has 0 unspecified atom stereocenters. The van der Waals surface area contributed by atoms with E-state index in [1.54, 1.807) is 0 Å². The van der Waals surface area contributed by atoms with Crippen molar-refractivity contribution in [3.05, 3.63) is 90.5 Å². The van der Waals surface area contributed by atoms with Crippen LogP contribution in [-0.2, 0) is 0 Å². The minimum Gasteiger partial charge on any atom is -0.494 e. The topological polar surface area (TPSA) is 102 Å². The molecule has 1 amide bonds. The van der Waals surface area contributed by atoms with E-state index in [4.69, 9.17) is 21.1 Å². The van der Waals surface area contributed by atoms with Crippen molar-refractivity contribution in [1.29, 1.82) is 0 Å². The van der Waals surface area contributed by atoms with E-state index in [1.807, 2.05) is 60.7 Å². The number of carbonyl (C=O) groups excluding carboxylic acids is 1. The molecule has 9 nitrogen and oxygen atoms in total. The van der Waals surface area contributed by atoms with Gasteiger partial charge in [-0.15, -0.1) is 12.3 Å². The van der Waals surface area contributed by atoms with Gasteiger partial charge in [0.2, 0.25) is 0 Å². The van der Waals surface area contributed by atoms with Crippen molar-refractivity contribution in [2.75, 3.05) is 53.9 Å². The van der Waals surface area contributed by atoms with E-state index in [9.17, 15) is 4.79 Å². The highest BCUT2D eigenvalue weighted by molar-refractivity contribution is 5.95. The van der Waals surface area contributed by atoms with Gasteiger partial charge in [0.25, 0.3) is 5.91 Å². The van der Waals surface area contributed by atoms with Gasteiger partial charge >= 0.3 is 0 Å². The van der Waals surface area contributed by atoms with Crippen LogP contribution in [0.1, 0.15) is 36.0 Å². The van der Waals surface area contributed by atoms with E-state index in [-0.39, 0.29) is 5.91 Å². The van der Waals surface area contributed by atoms with Gasteiger partial charge in [0.15, 0.2) is 0 Å². The van der Waals surface area contributed by atoms with E-state index < -0.39 is 0 Å². The molecule has 0 atom stereocenters. The first-order chi connectivity index (χ1) is 24.4. The molecule has 4 aromatic carbocycles. The lowest BCUT2D eigenvalue weighted by molar-refractivity contribution is 0.0950. The van der Waals surface area contributed by atoms with Crippen molar-refractivity contribution in [2.45, 2.75) is 25.7 Å². The maximum Gasteiger partial charge on any atom is 0.251 e. The lowest BCUT2D eigenvalue weighted by Crippen LogP contribution is -2.33. The average molecular weight is 668 g/mol. The molecule has 6 aromatic rings. The van der Waals surface area contributed by atoms with Gasteiger partial charge in [-0.05, 0) is 119 Å². The standard InChI is InChI=1S/C41H45N7O2/c1-5-6-7-8-24-48(4)25-22-42-41(49)31-12-10-29(11-13-31)39-43-35-20-16-32(27-37(35)45-39)33-17-21-36-38(28-33)46-40(44-36)30-14-18-34(19-15-30)50-26-9-23-47(2)3/h1,10-21,27-28H,6-9,22-26H2,2-4H3,(H,42,49)(H,43,45)(H,44,46). The number of unbranched alkanes of at least 4 members (excludes halogenated alkanes) is 2. The molecular formula is C41H45N7O2. The maximum absolute atomic E-state index is 12.7. The van der Waals surface area contributed by atoms with Crippen LogP contribution in [0, 0.1) is 12.3 Å². The Labute approximate surface area is 294 Å². The van der Waals surface area contributed by atoms with Gasteiger partial charge in [0.1, 0.15) is 17.4 Å². The van der Waals surface area contributed by atoms with E-state index in [1.165, 1.54) is 0 Å². The lowest BCUT2D eigenvalue weighted by Gasteiger charge is -2.16. The highest BCUT2D eigenvalue weighted by Crippen LogP contribution is 2.30. The Bertz CT molecular complexity index is 2070. The number of benzene rings is 4. The van der Waals surface area contributed by atoms with Gasteiger partial charge in [-0.1, -0.05) is 24.3 Å². The summed E-state index contributed by atoms with van der Waals surface area (Å²) in [5, 5.41) is 3.02. The molecule has 0 aliphatic rings. The van der Waals surface area contributed by atoms with Crippen molar-refractivity contribution in [3.8, 4) is 52.0 Å². The number of aromatic nitrogens is 4. The quantitative estimate of drug-likeness (QED) is 0.0744. The van der Waals surface area contributed by atoms with E-state index >= 15 is 0 Å². The number of hydrogen-bond donors (Lipinski definition) is 3. The predicted octanol–water partition coefficient (Wildman–Crippen LogP) is 7.24. The molecule has 2 aromatic heterocycles. The number of imidazole rings is 2. The third kappa shape index (κ3) is 8.77. The molecule has 0 bridgehead atoms. The second-order valence-electron chi connectivity index (χ2n) is 13.0. The molecular weight excluding hydrogens is 622 g/mol. The van der Waals surface area contributed by atoms with Gasteiger partial charge < -0.3 is 29.8 Å². The molecule has 0 aliphatic heterocycles. The van der Waals surface area contributed by atoms with Crippen LogP contribution >= 0.6 is 0 Å². The number of H-pyrrole nitrogens is 2. The number of amides is 1. The van der Waals surface area contributed by atoms with E-state index in [0.29, 0.717) is 18.7 Å². The minimum atomic E-state index is -0.0814. The number of aromatic amines is 2. The van der Waals surface area contributed by atoms with Gasteiger partial charge in [-0.2, -0.15) is 0 Å². The van der Waals surface area contributed by atoms with Crippen molar-refractivity contribution in [3.63, 3.8) is 0 Å². The van der Waals surface area contributed by atoms with Crippen LogP contribution in [0.4, 0.5) is 0 Å². The normalized spacial score (nSPS) is 11.4. The first-order valence-electron chi connectivity index (χ1n) is 17.2. The SMILES string of the molecule is C#CCCCCN(C)CCNC(=O)c1ccc(-c2nc3ccc(-c4ccc5nc(-c6ccc(OCCCN(C)C)cc6)[nH]c5c4)cc3[nH]2)cc1. The van der Waals surface area contributed by atoms with Crippen LogP contribution in [0.5, 0.6) is 5.75 Å². The molecule has 0 saturated heterocycles. The number of rotatable bonds is 16. The van der Waals surface area contributed by atoms with Crippen LogP contribution < -0.4 is 10.1 Å². The average Bonchev–Trinajstić information content (AvgIpc) is 3.76. The monoisotopic (exact) mass is 667 g/mol. The minimum absolute atomic E-state index is 0.0814. The van der Waals surface area contributed by atoms with E-state index in [0.717, 1.165) is 107 Å². The first kappa shape index (κ1) is 34.4. The van der Waals surface area contributed by atoms with Crippen LogP contribution in [0.25, 0.3) is 56.0 Å². The van der Waals surface area contributed by atoms with Crippen molar-refractivity contribution < 1.29 is 9.53 Å². The molecule has 6 rings (SSSR count). The van der Waals surface area contributed by atoms with Gasteiger partial charge in [-0.25, -0.2) is 9.97 Å². The predicted molar refractivity (Wildman–Crippen MR) is 203 cm³/mol. The number of terminal acetylenes is 1. The molecule has 9 heteroatoms. The molecule has 2 heterocycles. The number of nitrogens with one attached hydrogen (secondary N) is 3. The summed E-state index contributed by atoms with van der Waals surface area (Å²) in [6.45, 7) is 4.05. The molecule has 0 spiro atoms. The fourth-order valence-electron chi connectivity index (χ4n) is 5.89. The Balaban J connectivity index is 1.08. The molecule has 0 fully saturated rings. The summed E-state index contributed by atoms with van der Waals surface area (Å²) in [7, 11) is 6.20. The number of hydrogen-bond acceptors (Lipinski definition) is 6. The zero-order chi connectivity index (χ0) is 34.9. The Morgan fingerprint density at radius 1 is 0.740 bits per heavy atom. The molecule has 0 aliphatic carbocycles. The molecule has 256 valence electrons. The summed E-state index contributed by atoms with van der Waals surface area (Å²) in [5.74, 6) is 5.04. The third-order valence-corrected chi connectivity index (χ3v) is 8.75. The van der Waals surface area contributed by atoms with Crippen molar-refractivity contribution in [2.24, 2.45) is 0 Å². The largest absolute Gasteiger partial charge is 0.494 e. The second kappa shape index (κ2) is 16.3. The lowest BCUT2D eigenvalue weighted by atomic mass is 10.0. The van der Waals surface area contributed by atoms with Crippen LogP contribution in [0.2, 0.25) is 0 Å². The zero-order valence-electron chi connectivity index (χ0n) is 29.1. The molecule has 50 heavy (non-hydrogen) atoms. The zero-order valence-corrected chi connectivity index (χ0v) is 29.1. The second-order valence-corrected chi connectivity index (χ2v) is 13.0. The fraction of sp³-hybridized carbons (Fsp3) is 0.293. The molecule has 0 radical (unpaired) electrons. The number of nitrogens with zero attached hydrogens (tertiary/aromatic N) is 4. The van der Waals surface area contributed by atoms with E-state index in [2.05, 4.69) is 76.4 Å². The van der Waals surface area contributed by atoms with Crippen LogP contribution in [-0.4, -0.2) is 89.6 Å². The summed E-state index contributed by atoms with van der Waals surface area (Å²) in [6.07, 6.45) is 9.21. The number of ether oxygens (including phenoxy) is 1. The third-order valence-electron chi connectivity index (χ3n) is 8.75. The highest BCUT2D eigenvalue weighted by atomic mass is 16.5. The Hall–Kier alpha value is -5.43. The molecule has 3 N–H and O–H groups in total. The highest BCUT2D eigenvalue weighted by Gasteiger charge is 2.12. The van der Waals surface area contributed by atoms with Crippen LogP contribution in [0.15, 0.2) is 84.9 Å². The first-order valence-corrected chi connectivity index (χ1v) is 17.2. The number of carbonyl (C=O) groups is 1. The number of fused-ring (bicyclic) bond motifs is 2. The van der Waals surface area contributed by atoms with Crippen molar-refractivity contribution >= 4 is 28.0 Å². The van der Waals surface area contributed by atoms with Gasteiger partial charge in [0, 0.05) is 42.7 Å². The smallest absolute Gasteiger partial charge is 0.251 e. The Morgan fingerprint density at radius 2 is 1.32 bits per heavy atom. The van der Waals surface area contributed by atoms with Gasteiger partial charge in [-0.3, -0.25) is 4.79 Å². The summed E-state index contributed by atoms with van der Waals surface area (Å²) in [6, 6.07) is 28.1. The maximum atomic E-state index is 12.7.